The Morgan fingerprint density at radius 2 is 1.25 bits per heavy atom. The number of amides is 2. The largest absolute Gasteiger partial charge is 0.380 e. The van der Waals surface area contributed by atoms with Crippen molar-refractivity contribution in [2.45, 2.75) is 51.7 Å². The monoisotopic (exact) mass is 284 g/mol. The van der Waals surface area contributed by atoms with Gasteiger partial charge in [-0.25, -0.2) is 0 Å². The van der Waals surface area contributed by atoms with Gasteiger partial charge < -0.3 is 20.8 Å². The minimum absolute atomic E-state index is 0.793. The van der Waals surface area contributed by atoms with E-state index in [1.54, 1.807) is 12.2 Å². The molecule has 0 rings (SSSR count). The average Bonchev–Trinajstić information content (AvgIpc) is 2.46. The molecule has 2 amide bonds. The number of carbonyl (C=O) groups excluding carboxylic acids is 2. The van der Waals surface area contributed by atoms with Crippen LogP contribution in [0.4, 0.5) is 0 Å². The van der Waals surface area contributed by atoms with Crippen LogP contribution in [-0.4, -0.2) is 34.2 Å². The van der Waals surface area contributed by atoms with Crippen LogP contribution in [0.15, 0.2) is 24.6 Å². The van der Waals surface area contributed by atoms with Crippen LogP contribution in [0, 0.1) is 0 Å². The van der Waals surface area contributed by atoms with Crippen molar-refractivity contribution in [2.75, 3.05) is 0 Å². The Bertz CT molecular complexity index is 319. The van der Waals surface area contributed by atoms with Gasteiger partial charge in [-0.3, -0.25) is 9.59 Å². The molecule has 6 nitrogen and oxygen atoms in total. The van der Waals surface area contributed by atoms with E-state index in [1.807, 2.05) is 13.8 Å². The van der Waals surface area contributed by atoms with Gasteiger partial charge in [-0.1, -0.05) is 38.8 Å². The Balaban J connectivity index is 4.20. The molecule has 0 aromatic rings. The van der Waals surface area contributed by atoms with E-state index in [0.29, 0.717) is 0 Å². The molecule has 2 unspecified atom stereocenters. The molecule has 20 heavy (non-hydrogen) atoms. The normalized spacial score (nSPS) is 14.4. The summed E-state index contributed by atoms with van der Waals surface area (Å²) in [7, 11) is 0. The SMILES string of the molecule is CCCC=CNC(=O)C(O)C(O)C(=O)NC=CCCC. The van der Waals surface area contributed by atoms with E-state index in [2.05, 4.69) is 10.6 Å². The summed E-state index contributed by atoms with van der Waals surface area (Å²) in [6.07, 6.45) is 6.08. The number of aliphatic hydroxyl groups is 2. The number of hydrogen-bond donors (Lipinski definition) is 4. The molecule has 0 aromatic heterocycles. The molecule has 0 saturated carbocycles. The molecule has 0 radical (unpaired) electrons. The van der Waals surface area contributed by atoms with Crippen molar-refractivity contribution >= 4 is 11.8 Å². The highest BCUT2D eigenvalue weighted by Crippen LogP contribution is 1.96. The summed E-state index contributed by atoms with van der Waals surface area (Å²) in [4.78, 5) is 22.9. The molecule has 2 atom stereocenters. The summed E-state index contributed by atoms with van der Waals surface area (Å²) < 4.78 is 0. The lowest BCUT2D eigenvalue weighted by Gasteiger charge is -2.14. The third-order valence-corrected chi connectivity index (χ3v) is 2.43. The topological polar surface area (TPSA) is 98.7 Å². The Morgan fingerprint density at radius 1 is 0.900 bits per heavy atom. The summed E-state index contributed by atoms with van der Waals surface area (Å²) in [5.74, 6) is -1.64. The minimum Gasteiger partial charge on any atom is -0.380 e. The molecule has 0 aliphatic heterocycles. The lowest BCUT2D eigenvalue weighted by atomic mass is 10.2. The molecule has 0 aliphatic carbocycles. The molecule has 0 heterocycles. The highest BCUT2D eigenvalue weighted by Gasteiger charge is 2.29. The second kappa shape index (κ2) is 11.2. The number of aliphatic hydroxyl groups excluding tert-OH is 2. The molecule has 0 spiro atoms. The van der Waals surface area contributed by atoms with Gasteiger partial charge in [0, 0.05) is 0 Å². The van der Waals surface area contributed by atoms with Crippen LogP contribution in [0.1, 0.15) is 39.5 Å². The fourth-order valence-corrected chi connectivity index (χ4v) is 1.24. The third-order valence-electron chi connectivity index (χ3n) is 2.43. The van der Waals surface area contributed by atoms with Crippen LogP contribution < -0.4 is 10.6 Å². The lowest BCUT2D eigenvalue weighted by molar-refractivity contribution is -0.144. The Morgan fingerprint density at radius 3 is 1.55 bits per heavy atom. The molecular weight excluding hydrogens is 260 g/mol. The van der Waals surface area contributed by atoms with Crippen molar-refractivity contribution < 1.29 is 19.8 Å². The van der Waals surface area contributed by atoms with E-state index < -0.39 is 24.0 Å². The van der Waals surface area contributed by atoms with Gasteiger partial charge in [0.05, 0.1) is 0 Å². The van der Waals surface area contributed by atoms with E-state index in [-0.39, 0.29) is 0 Å². The first-order chi connectivity index (χ1) is 9.54. The van der Waals surface area contributed by atoms with Crippen molar-refractivity contribution in [3.63, 3.8) is 0 Å². The maximum absolute atomic E-state index is 11.5. The lowest BCUT2D eigenvalue weighted by Crippen LogP contribution is -2.47. The van der Waals surface area contributed by atoms with Crippen LogP contribution in [0.5, 0.6) is 0 Å². The first-order valence-electron chi connectivity index (χ1n) is 6.81. The smallest absolute Gasteiger partial charge is 0.256 e. The summed E-state index contributed by atoms with van der Waals surface area (Å²) in [6, 6.07) is 0. The summed E-state index contributed by atoms with van der Waals surface area (Å²) in [5.41, 5.74) is 0. The minimum atomic E-state index is -1.80. The van der Waals surface area contributed by atoms with Gasteiger partial charge >= 0.3 is 0 Å². The molecule has 0 aliphatic rings. The first kappa shape index (κ1) is 18.3. The van der Waals surface area contributed by atoms with Crippen LogP contribution in [0.2, 0.25) is 0 Å². The van der Waals surface area contributed by atoms with Crippen LogP contribution in [0.3, 0.4) is 0 Å². The zero-order chi connectivity index (χ0) is 15.4. The number of carbonyl (C=O) groups is 2. The van der Waals surface area contributed by atoms with E-state index in [4.69, 9.17) is 0 Å². The third kappa shape index (κ3) is 7.70. The molecule has 4 N–H and O–H groups in total. The summed E-state index contributed by atoms with van der Waals surface area (Å²) in [6.45, 7) is 3.97. The predicted molar refractivity (Wildman–Crippen MR) is 76.4 cm³/mol. The second-order valence-electron chi connectivity index (χ2n) is 4.29. The van der Waals surface area contributed by atoms with Crippen molar-refractivity contribution in [1.82, 2.24) is 10.6 Å². The van der Waals surface area contributed by atoms with Gasteiger partial charge in [-0.2, -0.15) is 0 Å². The predicted octanol–water partition coefficient (Wildman–Crippen LogP) is 0.568. The van der Waals surface area contributed by atoms with Crippen molar-refractivity contribution in [1.29, 1.82) is 0 Å². The van der Waals surface area contributed by atoms with Crippen molar-refractivity contribution in [2.24, 2.45) is 0 Å². The number of hydrogen-bond acceptors (Lipinski definition) is 4. The number of rotatable bonds is 9. The average molecular weight is 284 g/mol. The quantitative estimate of drug-likeness (QED) is 0.497. The molecule has 0 bridgehead atoms. The highest BCUT2D eigenvalue weighted by molar-refractivity contribution is 5.91. The van der Waals surface area contributed by atoms with Gasteiger partial charge in [-0.15, -0.1) is 0 Å². The maximum atomic E-state index is 11.5. The van der Waals surface area contributed by atoms with E-state index in [1.165, 1.54) is 12.4 Å². The highest BCUT2D eigenvalue weighted by atomic mass is 16.3. The maximum Gasteiger partial charge on any atom is 0.256 e. The zero-order valence-corrected chi connectivity index (χ0v) is 12.0. The van der Waals surface area contributed by atoms with E-state index >= 15 is 0 Å². The van der Waals surface area contributed by atoms with Gasteiger partial charge in [0.2, 0.25) is 0 Å². The van der Waals surface area contributed by atoms with Gasteiger partial charge in [0.15, 0.2) is 12.2 Å². The second-order valence-corrected chi connectivity index (χ2v) is 4.29. The first-order valence-corrected chi connectivity index (χ1v) is 6.81. The standard InChI is InChI=1S/C14H24N2O4/c1-3-5-7-9-15-13(19)11(17)12(18)14(20)16-10-8-6-4-2/h7-12,17-18H,3-6H2,1-2H3,(H,15,19)(H,16,20). The van der Waals surface area contributed by atoms with Gasteiger partial charge in [0.1, 0.15) is 0 Å². The van der Waals surface area contributed by atoms with Gasteiger partial charge in [-0.05, 0) is 25.2 Å². The number of unbranched alkanes of at least 4 members (excludes halogenated alkanes) is 2. The summed E-state index contributed by atoms with van der Waals surface area (Å²) in [5, 5.41) is 23.7. The Kier molecular flexibility index (Phi) is 10.3. The number of nitrogens with one attached hydrogen (secondary N) is 2. The van der Waals surface area contributed by atoms with Crippen molar-refractivity contribution in [3.8, 4) is 0 Å². The van der Waals surface area contributed by atoms with E-state index in [0.717, 1.165) is 25.7 Å². The Labute approximate surface area is 119 Å². The Hall–Kier alpha value is -1.66. The fourth-order valence-electron chi connectivity index (χ4n) is 1.24. The molecule has 0 fully saturated rings. The molecule has 0 aromatic carbocycles. The molecular formula is C14H24N2O4. The van der Waals surface area contributed by atoms with Crippen LogP contribution in [0.25, 0.3) is 0 Å². The van der Waals surface area contributed by atoms with Gasteiger partial charge in [0.25, 0.3) is 11.8 Å². The number of allylic oxidation sites excluding steroid dienone is 2. The molecule has 0 saturated heterocycles. The summed E-state index contributed by atoms with van der Waals surface area (Å²) >= 11 is 0. The van der Waals surface area contributed by atoms with Crippen molar-refractivity contribution in [3.05, 3.63) is 24.6 Å². The molecule has 114 valence electrons. The fraction of sp³-hybridized carbons (Fsp3) is 0.571. The van der Waals surface area contributed by atoms with Crippen LogP contribution >= 0.6 is 0 Å². The van der Waals surface area contributed by atoms with Crippen LogP contribution in [-0.2, 0) is 9.59 Å². The molecule has 6 heteroatoms. The van der Waals surface area contributed by atoms with E-state index in [9.17, 15) is 19.8 Å². The zero-order valence-electron chi connectivity index (χ0n) is 12.0.